The van der Waals surface area contributed by atoms with Gasteiger partial charge in [0.05, 0.1) is 12.3 Å². The van der Waals surface area contributed by atoms with Crippen LogP contribution in [0.5, 0.6) is 0 Å². The van der Waals surface area contributed by atoms with Gasteiger partial charge in [0.25, 0.3) is 0 Å². The van der Waals surface area contributed by atoms with Crippen molar-refractivity contribution in [3.63, 3.8) is 0 Å². The smallest absolute Gasteiger partial charge is 0.309 e. The minimum Gasteiger partial charge on any atom is -0.461 e. The van der Waals surface area contributed by atoms with Crippen LogP contribution in [-0.4, -0.2) is 17.5 Å². The van der Waals surface area contributed by atoms with Crippen LogP contribution in [0.3, 0.4) is 0 Å². The number of rotatable bonds is 7. The Kier molecular flexibility index (Phi) is 7.74. The lowest BCUT2D eigenvalue weighted by Gasteiger charge is -2.22. The van der Waals surface area contributed by atoms with E-state index in [1.165, 1.54) is 0 Å². The third kappa shape index (κ3) is 8.34. The molecule has 0 radical (unpaired) electrons. The fourth-order valence-electron chi connectivity index (χ4n) is 2.27. The van der Waals surface area contributed by atoms with Crippen molar-refractivity contribution in [2.75, 3.05) is 0 Å². The average Bonchev–Trinajstić information content (AvgIpc) is 2.43. The first-order valence-corrected chi connectivity index (χ1v) is 8.57. The van der Waals surface area contributed by atoms with Crippen molar-refractivity contribution in [1.29, 1.82) is 0 Å². The second kappa shape index (κ2) is 9.07. The van der Waals surface area contributed by atoms with E-state index >= 15 is 0 Å². The van der Waals surface area contributed by atoms with Gasteiger partial charge in [0.1, 0.15) is 12.2 Å². The Balaban J connectivity index is 2.63. The van der Waals surface area contributed by atoms with E-state index in [0.717, 1.165) is 5.56 Å². The van der Waals surface area contributed by atoms with Crippen molar-refractivity contribution in [2.45, 2.75) is 59.7 Å². The first kappa shape index (κ1) is 20.5. The third-order valence-corrected chi connectivity index (χ3v) is 3.47. The van der Waals surface area contributed by atoms with Gasteiger partial charge >= 0.3 is 11.9 Å². The Morgan fingerprint density at radius 1 is 1.12 bits per heavy atom. The van der Waals surface area contributed by atoms with Gasteiger partial charge < -0.3 is 9.47 Å². The molecule has 0 amide bonds. The summed E-state index contributed by atoms with van der Waals surface area (Å²) in [6.45, 7) is 9.60. The molecule has 0 unspecified atom stereocenters. The molecule has 0 aliphatic heterocycles. The molecule has 1 rings (SSSR count). The Bertz CT molecular complexity index is 543. The minimum atomic E-state index is -0.563. The van der Waals surface area contributed by atoms with Crippen molar-refractivity contribution in [3.8, 4) is 0 Å². The molecule has 0 N–H and O–H groups in total. The zero-order valence-corrected chi connectivity index (χ0v) is 15.9. The Labute approximate surface area is 149 Å². The first-order valence-electron chi connectivity index (χ1n) is 8.19. The van der Waals surface area contributed by atoms with Crippen molar-refractivity contribution in [1.82, 2.24) is 0 Å². The molecule has 0 heterocycles. The van der Waals surface area contributed by atoms with Gasteiger partial charge in [-0.05, 0) is 50.8 Å². The highest BCUT2D eigenvalue weighted by atomic mass is 35.5. The van der Waals surface area contributed by atoms with Gasteiger partial charge in [-0.3, -0.25) is 9.59 Å². The van der Waals surface area contributed by atoms with Gasteiger partial charge in [-0.2, -0.15) is 0 Å². The summed E-state index contributed by atoms with van der Waals surface area (Å²) >= 11 is 5.83. The van der Waals surface area contributed by atoms with Crippen molar-refractivity contribution in [2.24, 2.45) is 11.8 Å². The van der Waals surface area contributed by atoms with Gasteiger partial charge in [0.2, 0.25) is 0 Å². The molecular formula is C19H27ClO4. The molecule has 0 aliphatic carbocycles. The number of benzene rings is 1. The Morgan fingerprint density at radius 3 is 2.21 bits per heavy atom. The lowest BCUT2D eigenvalue weighted by Crippen LogP contribution is -2.28. The van der Waals surface area contributed by atoms with Crippen LogP contribution < -0.4 is 0 Å². The zero-order chi connectivity index (χ0) is 18.3. The topological polar surface area (TPSA) is 52.6 Å². The summed E-state index contributed by atoms with van der Waals surface area (Å²) in [7, 11) is 0. The maximum atomic E-state index is 12.4. The van der Waals surface area contributed by atoms with Crippen LogP contribution >= 0.6 is 11.6 Å². The van der Waals surface area contributed by atoms with Crippen LogP contribution in [0.1, 0.15) is 53.0 Å². The average molecular weight is 355 g/mol. The molecule has 1 aromatic rings. The van der Waals surface area contributed by atoms with Crippen molar-refractivity contribution in [3.05, 3.63) is 34.9 Å². The molecule has 134 valence electrons. The van der Waals surface area contributed by atoms with Gasteiger partial charge in [0.15, 0.2) is 0 Å². The molecule has 0 spiro atoms. The molecule has 1 aromatic carbocycles. The SMILES string of the molecule is CC(C)C[C@H](CC(=O)OC(C)(C)C)C(=O)OCc1ccc(Cl)cc1. The van der Waals surface area contributed by atoms with Gasteiger partial charge in [-0.15, -0.1) is 0 Å². The normalized spacial score (nSPS) is 12.8. The third-order valence-electron chi connectivity index (χ3n) is 3.22. The summed E-state index contributed by atoms with van der Waals surface area (Å²) in [5.74, 6) is -0.964. The summed E-state index contributed by atoms with van der Waals surface area (Å²) in [6, 6.07) is 7.11. The van der Waals surface area contributed by atoms with Crippen molar-refractivity contribution < 1.29 is 19.1 Å². The van der Waals surface area contributed by atoms with E-state index in [1.54, 1.807) is 45.0 Å². The maximum Gasteiger partial charge on any atom is 0.309 e. The van der Waals surface area contributed by atoms with E-state index in [4.69, 9.17) is 21.1 Å². The number of ether oxygens (including phenoxy) is 2. The fourth-order valence-corrected chi connectivity index (χ4v) is 2.40. The number of hydrogen-bond acceptors (Lipinski definition) is 4. The molecule has 24 heavy (non-hydrogen) atoms. The van der Waals surface area contributed by atoms with E-state index in [0.29, 0.717) is 11.4 Å². The maximum absolute atomic E-state index is 12.4. The van der Waals surface area contributed by atoms with Gasteiger partial charge in [-0.25, -0.2) is 0 Å². The monoisotopic (exact) mass is 354 g/mol. The standard InChI is InChI=1S/C19H27ClO4/c1-13(2)10-15(11-17(21)24-19(3,4)5)18(22)23-12-14-6-8-16(20)9-7-14/h6-9,13,15H,10-12H2,1-5H3/t15-/m1/s1. The lowest BCUT2D eigenvalue weighted by molar-refractivity contribution is -0.162. The molecule has 5 heteroatoms. The van der Waals surface area contributed by atoms with Gasteiger partial charge in [0, 0.05) is 5.02 Å². The van der Waals surface area contributed by atoms with Crippen LogP contribution in [0, 0.1) is 11.8 Å². The van der Waals surface area contributed by atoms with E-state index in [2.05, 4.69) is 0 Å². The zero-order valence-electron chi connectivity index (χ0n) is 15.1. The van der Waals surface area contributed by atoms with Crippen molar-refractivity contribution >= 4 is 23.5 Å². The highest BCUT2D eigenvalue weighted by molar-refractivity contribution is 6.30. The molecule has 0 aliphatic rings. The number of carbonyl (C=O) groups is 2. The quantitative estimate of drug-likeness (QED) is 0.661. The van der Waals surface area contributed by atoms with Crippen LogP contribution in [0.4, 0.5) is 0 Å². The number of carbonyl (C=O) groups excluding carboxylic acids is 2. The van der Waals surface area contributed by atoms with E-state index in [-0.39, 0.29) is 30.9 Å². The fraction of sp³-hybridized carbons (Fsp3) is 0.579. The second-order valence-electron chi connectivity index (χ2n) is 7.35. The summed E-state index contributed by atoms with van der Waals surface area (Å²) in [5, 5.41) is 0.632. The Morgan fingerprint density at radius 2 is 1.71 bits per heavy atom. The largest absolute Gasteiger partial charge is 0.461 e. The van der Waals surface area contributed by atoms with Crippen LogP contribution in [0.25, 0.3) is 0 Å². The summed E-state index contributed by atoms with van der Waals surface area (Å²) in [5.41, 5.74) is 0.292. The second-order valence-corrected chi connectivity index (χ2v) is 7.79. The molecule has 0 aromatic heterocycles. The minimum absolute atomic E-state index is 0.0366. The summed E-state index contributed by atoms with van der Waals surface area (Å²) < 4.78 is 10.7. The Hall–Kier alpha value is -1.55. The molecule has 1 atom stereocenters. The summed E-state index contributed by atoms with van der Waals surface area (Å²) in [6.07, 6.45) is 0.619. The van der Waals surface area contributed by atoms with E-state index in [9.17, 15) is 9.59 Å². The molecular weight excluding hydrogens is 328 g/mol. The van der Waals surface area contributed by atoms with Crippen LogP contribution in [-0.2, 0) is 25.7 Å². The number of hydrogen-bond donors (Lipinski definition) is 0. The van der Waals surface area contributed by atoms with E-state index < -0.39 is 11.5 Å². The molecule has 4 nitrogen and oxygen atoms in total. The summed E-state index contributed by atoms with van der Waals surface area (Å²) in [4.78, 5) is 24.4. The number of halogens is 1. The highest BCUT2D eigenvalue weighted by Gasteiger charge is 2.27. The molecule has 0 fully saturated rings. The first-order chi connectivity index (χ1) is 11.1. The molecule has 0 saturated carbocycles. The highest BCUT2D eigenvalue weighted by Crippen LogP contribution is 2.21. The molecule has 0 saturated heterocycles. The van der Waals surface area contributed by atoms with E-state index in [1.807, 2.05) is 13.8 Å². The van der Waals surface area contributed by atoms with Crippen LogP contribution in [0.15, 0.2) is 24.3 Å². The number of esters is 2. The predicted octanol–water partition coefficient (Wildman–Crippen LogP) is 4.78. The van der Waals surface area contributed by atoms with Crippen LogP contribution in [0.2, 0.25) is 5.02 Å². The lowest BCUT2D eigenvalue weighted by atomic mass is 9.94. The van der Waals surface area contributed by atoms with Gasteiger partial charge in [-0.1, -0.05) is 37.6 Å². The predicted molar refractivity (Wildman–Crippen MR) is 94.7 cm³/mol. The molecule has 0 bridgehead atoms.